The molecule has 0 aliphatic carbocycles. The third kappa shape index (κ3) is 1.61. The number of primary amides is 1. The zero-order valence-corrected chi connectivity index (χ0v) is 7.29. The van der Waals surface area contributed by atoms with Crippen molar-refractivity contribution in [1.82, 2.24) is 4.98 Å². The molecular weight excluding hydrogens is 152 g/mol. The van der Waals surface area contributed by atoms with Crippen LogP contribution >= 0.6 is 0 Å². The van der Waals surface area contributed by atoms with Crippen LogP contribution in [-0.4, -0.2) is 10.9 Å². The van der Waals surface area contributed by atoms with Gasteiger partial charge >= 0.3 is 0 Å². The molecule has 1 aromatic rings. The van der Waals surface area contributed by atoms with Gasteiger partial charge in [0.05, 0.1) is 11.3 Å². The van der Waals surface area contributed by atoms with Gasteiger partial charge in [-0.25, -0.2) is 0 Å². The monoisotopic (exact) mass is 164 g/mol. The topological polar surface area (TPSA) is 56.0 Å². The van der Waals surface area contributed by atoms with E-state index in [0.717, 1.165) is 17.8 Å². The molecule has 64 valence electrons. The summed E-state index contributed by atoms with van der Waals surface area (Å²) in [5, 5.41) is 0. The summed E-state index contributed by atoms with van der Waals surface area (Å²) >= 11 is 0. The predicted octanol–water partition coefficient (Wildman–Crippen LogP) is 1.05. The van der Waals surface area contributed by atoms with Crippen LogP contribution in [0.2, 0.25) is 0 Å². The first-order valence-corrected chi connectivity index (χ1v) is 3.91. The van der Waals surface area contributed by atoms with Gasteiger partial charge in [-0.3, -0.25) is 9.78 Å². The van der Waals surface area contributed by atoms with Gasteiger partial charge in [0.25, 0.3) is 5.91 Å². The molecule has 0 atom stereocenters. The van der Waals surface area contributed by atoms with Crippen molar-refractivity contribution >= 4 is 5.91 Å². The standard InChI is InChI=1S/C9H12N2O/c1-3-8-7(9(10)12)5-4-6(2)11-8/h4-5H,3H2,1-2H3,(H2,10,12). The van der Waals surface area contributed by atoms with E-state index < -0.39 is 5.91 Å². The van der Waals surface area contributed by atoms with Crippen LogP contribution in [0.4, 0.5) is 0 Å². The third-order valence-corrected chi connectivity index (χ3v) is 1.71. The van der Waals surface area contributed by atoms with Gasteiger partial charge in [-0.05, 0) is 25.5 Å². The number of hydrogen-bond acceptors (Lipinski definition) is 2. The maximum absolute atomic E-state index is 10.9. The molecule has 3 nitrogen and oxygen atoms in total. The lowest BCUT2D eigenvalue weighted by molar-refractivity contribution is 0.0999. The smallest absolute Gasteiger partial charge is 0.250 e. The Bertz CT molecular complexity index is 307. The second-order valence-electron chi connectivity index (χ2n) is 2.66. The lowest BCUT2D eigenvalue weighted by atomic mass is 10.1. The van der Waals surface area contributed by atoms with E-state index in [0.29, 0.717) is 5.56 Å². The quantitative estimate of drug-likeness (QED) is 0.710. The van der Waals surface area contributed by atoms with Crippen LogP contribution in [-0.2, 0) is 6.42 Å². The van der Waals surface area contributed by atoms with E-state index in [2.05, 4.69) is 4.98 Å². The lowest BCUT2D eigenvalue weighted by Crippen LogP contribution is -2.14. The number of rotatable bonds is 2. The number of pyridine rings is 1. The second kappa shape index (κ2) is 3.34. The number of aromatic nitrogens is 1. The van der Waals surface area contributed by atoms with Crippen molar-refractivity contribution < 1.29 is 4.79 Å². The largest absolute Gasteiger partial charge is 0.366 e. The fourth-order valence-electron chi connectivity index (χ4n) is 1.10. The SMILES string of the molecule is CCc1nc(C)ccc1C(N)=O. The van der Waals surface area contributed by atoms with Crippen molar-refractivity contribution in [2.45, 2.75) is 20.3 Å². The first-order valence-electron chi connectivity index (χ1n) is 3.91. The normalized spacial score (nSPS) is 9.83. The fraction of sp³-hybridized carbons (Fsp3) is 0.333. The summed E-state index contributed by atoms with van der Waals surface area (Å²) in [5.41, 5.74) is 7.39. The molecule has 3 heteroatoms. The summed E-state index contributed by atoms with van der Waals surface area (Å²) in [6.07, 6.45) is 0.736. The van der Waals surface area contributed by atoms with Crippen LogP contribution in [0.25, 0.3) is 0 Å². The van der Waals surface area contributed by atoms with E-state index in [-0.39, 0.29) is 0 Å². The van der Waals surface area contributed by atoms with Crippen LogP contribution in [0.5, 0.6) is 0 Å². The Balaban J connectivity index is 3.20. The maximum atomic E-state index is 10.9. The summed E-state index contributed by atoms with van der Waals surface area (Å²) in [4.78, 5) is 15.1. The van der Waals surface area contributed by atoms with Gasteiger partial charge in [0.1, 0.15) is 0 Å². The molecule has 0 aliphatic heterocycles. The van der Waals surface area contributed by atoms with Gasteiger partial charge in [-0.15, -0.1) is 0 Å². The van der Waals surface area contributed by atoms with E-state index in [1.54, 1.807) is 12.1 Å². The first-order chi connectivity index (χ1) is 5.65. The van der Waals surface area contributed by atoms with Gasteiger partial charge in [0, 0.05) is 5.69 Å². The van der Waals surface area contributed by atoms with Crippen LogP contribution in [0, 0.1) is 6.92 Å². The van der Waals surface area contributed by atoms with E-state index in [9.17, 15) is 4.79 Å². The van der Waals surface area contributed by atoms with Gasteiger partial charge in [0.2, 0.25) is 0 Å². The Hall–Kier alpha value is -1.38. The summed E-state index contributed by atoms with van der Waals surface area (Å²) in [7, 11) is 0. The Kier molecular flexibility index (Phi) is 2.43. The molecule has 0 bridgehead atoms. The van der Waals surface area contributed by atoms with Crippen LogP contribution in [0.1, 0.15) is 28.7 Å². The third-order valence-electron chi connectivity index (χ3n) is 1.71. The van der Waals surface area contributed by atoms with Gasteiger partial charge < -0.3 is 5.73 Å². The summed E-state index contributed by atoms with van der Waals surface area (Å²) < 4.78 is 0. The molecule has 0 saturated carbocycles. The number of aryl methyl sites for hydroxylation is 2. The molecule has 1 heterocycles. The molecule has 0 saturated heterocycles. The molecule has 0 aliphatic rings. The molecule has 0 unspecified atom stereocenters. The van der Waals surface area contributed by atoms with Crippen LogP contribution in [0.3, 0.4) is 0 Å². The number of carbonyl (C=O) groups is 1. The zero-order chi connectivity index (χ0) is 9.14. The molecule has 2 N–H and O–H groups in total. The van der Waals surface area contributed by atoms with E-state index >= 15 is 0 Å². The van der Waals surface area contributed by atoms with Crippen LogP contribution in [0.15, 0.2) is 12.1 Å². The zero-order valence-electron chi connectivity index (χ0n) is 7.29. The molecule has 0 fully saturated rings. The van der Waals surface area contributed by atoms with E-state index in [1.165, 1.54) is 0 Å². The molecule has 0 radical (unpaired) electrons. The van der Waals surface area contributed by atoms with Crippen molar-refractivity contribution in [3.8, 4) is 0 Å². The number of amides is 1. The molecule has 0 aromatic carbocycles. The van der Waals surface area contributed by atoms with Crippen molar-refractivity contribution in [2.24, 2.45) is 5.73 Å². The summed E-state index contributed by atoms with van der Waals surface area (Å²) in [6.45, 7) is 3.85. The van der Waals surface area contributed by atoms with Crippen molar-refractivity contribution in [2.75, 3.05) is 0 Å². The van der Waals surface area contributed by atoms with Gasteiger partial charge in [-0.2, -0.15) is 0 Å². The number of carbonyl (C=O) groups excluding carboxylic acids is 1. The first kappa shape index (κ1) is 8.71. The Labute approximate surface area is 71.6 Å². The number of hydrogen-bond donors (Lipinski definition) is 1. The maximum Gasteiger partial charge on any atom is 0.250 e. The molecule has 1 aromatic heterocycles. The van der Waals surface area contributed by atoms with Crippen molar-refractivity contribution in [3.05, 3.63) is 29.1 Å². The predicted molar refractivity (Wildman–Crippen MR) is 46.9 cm³/mol. The van der Waals surface area contributed by atoms with E-state index in [1.807, 2.05) is 13.8 Å². The minimum Gasteiger partial charge on any atom is -0.366 e. The minimum atomic E-state index is -0.403. The highest BCUT2D eigenvalue weighted by atomic mass is 16.1. The molecule has 1 amide bonds. The molecule has 12 heavy (non-hydrogen) atoms. The Morgan fingerprint density at radius 2 is 2.25 bits per heavy atom. The summed E-state index contributed by atoms with van der Waals surface area (Å²) in [6, 6.07) is 3.52. The average molecular weight is 164 g/mol. The van der Waals surface area contributed by atoms with Gasteiger partial charge in [-0.1, -0.05) is 6.92 Å². The highest BCUT2D eigenvalue weighted by molar-refractivity contribution is 5.93. The highest BCUT2D eigenvalue weighted by Crippen LogP contribution is 2.07. The minimum absolute atomic E-state index is 0.403. The number of nitrogens with two attached hydrogens (primary N) is 1. The summed E-state index contributed by atoms with van der Waals surface area (Å²) in [5.74, 6) is -0.403. The van der Waals surface area contributed by atoms with E-state index in [4.69, 9.17) is 5.73 Å². The van der Waals surface area contributed by atoms with Crippen LogP contribution < -0.4 is 5.73 Å². The highest BCUT2D eigenvalue weighted by Gasteiger charge is 2.06. The van der Waals surface area contributed by atoms with Gasteiger partial charge in [0.15, 0.2) is 0 Å². The van der Waals surface area contributed by atoms with Crippen molar-refractivity contribution in [3.63, 3.8) is 0 Å². The molecule has 0 spiro atoms. The average Bonchev–Trinajstić information content (AvgIpc) is 2.03. The second-order valence-corrected chi connectivity index (χ2v) is 2.66. The Morgan fingerprint density at radius 1 is 1.58 bits per heavy atom. The Morgan fingerprint density at radius 3 is 2.75 bits per heavy atom. The number of nitrogens with zero attached hydrogens (tertiary/aromatic N) is 1. The molecular formula is C9H12N2O. The lowest BCUT2D eigenvalue weighted by Gasteiger charge is -2.03. The molecule has 1 rings (SSSR count). The van der Waals surface area contributed by atoms with Crippen molar-refractivity contribution in [1.29, 1.82) is 0 Å². The fourth-order valence-corrected chi connectivity index (χ4v) is 1.10.